The van der Waals surface area contributed by atoms with Crippen molar-refractivity contribution in [2.45, 2.75) is 30.2 Å². The molecule has 1 saturated heterocycles. The van der Waals surface area contributed by atoms with Crippen LogP contribution in [-0.2, 0) is 26.0 Å². The van der Waals surface area contributed by atoms with Gasteiger partial charge in [0.05, 0.1) is 20.6 Å². The lowest BCUT2D eigenvalue weighted by molar-refractivity contribution is -0.156. The predicted molar refractivity (Wildman–Crippen MR) is 127 cm³/mol. The second kappa shape index (κ2) is 8.98. The Hall–Kier alpha value is -3.59. The number of ether oxygens (including phenoxy) is 2. The number of nitrogens with one attached hydrogen (secondary N) is 1. The van der Waals surface area contributed by atoms with E-state index in [1.807, 2.05) is 42.5 Å². The molecule has 178 valence electrons. The number of rotatable bonds is 7. The summed E-state index contributed by atoms with van der Waals surface area (Å²) < 4.78 is 38.4. The molecular weight excluding hydrogens is 456 g/mol. The second-order valence-electron chi connectivity index (χ2n) is 8.34. The minimum absolute atomic E-state index is 0.0729. The second-order valence-corrected chi connectivity index (χ2v) is 9.99. The number of benzene rings is 3. The minimum atomic E-state index is -4.27. The molecule has 3 aromatic carbocycles. The first-order valence-corrected chi connectivity index (χ1v) is 12.2. The molecule has 8 nitrogen and oxygen atoms in total. The first kappa shape index (κ1) is 23.6. The minimum Gasteiger partial charge on any atom is -0.497 e. The fraction of sp³-hybridized carbons (Fsp3) is 0.280. The summed E-state index contributed by atoms with van der Waals surface area (Å²) in [4.78, 5) is 27.5. The van der Waals surface area contributed by atoms with Crippen molar-refractivity contribution in [1.29, 1.82) is 0 Å². The summed E-state index contributed by atoms with van der Waals surface area (Å²) in [6.07, 6.45) is 0.464. The lowest BCUT2D eigenvalue weighted by Gasteiger charge is -2.49. The summed E-state index contributed by atoms with van der Waals surface area (Å²) >= 11 is 0. The Morgan fingerprint density at radius 2 is 1.76 bits per heavy atom. The standard InChI is InChI=1S/C25H26N2O6S/c1-25(24(29)26-34(30,31)22-16-19(32-2)11-12-21(22)33-3)13-14-27(25)23(28)15-18-9-6-8-17-7-4-5-10-20(17)18/h4-12,16H,13-15H2,1-3H3,(H,26,29). The van der Waals surface area contributed by atoms with Gasteiger partial charge in [-0.2, -0.15) is 0 Å². The number of carbonyl (C=O) groups excluding carboxylic acids is 2. The molecule has 0 saturated carbocycles. The zero-order valence-corrected chi connectivity index (χ0v) is 20.0. The molecule has 2 amide bonds. The number of hydrogen-bond donors (Lipinski definition) is 1. The van der Waals surface area contributed by atoms with Crippen LogP contribution in [0, 0.1) is 0 Å². The Labute approximate surface area is 198 Å². The van der Waals surface area contributed by atoms with Gasteiger partial charge in [0.15, 0.2) is 0 Å². The highest BCUT2D eigenvalue weighted by Gasteiger charge is 2.50. The molecule has 0 bridgehead atoms. The zero-order valence-electron chi connectivity index (χ0n) is 19.2. The highest BCUT2D eigenvalue weighted by molar-refractivity contribution is 7.90. The van der Waals surface area contributed by atoms with Crippen molar-refractivity contribution in [1.82, 2.24) is 9.62 Å². The Morgan fingerprint density at radius 1 is 1.03 bits per heavy atom. The predicted octanol–water partition coefficient (Wildman–Crippen LogP) is 2.90. The lowest BCUT2D eigenvalue weighted by Crippen LogP contribution is -2.68. The highest BCUT2D eigenvalue weighted by atomic mass is 32.2. The summed E-state index contributed by atoms with van der Waals surface area (Å²) in [7, 11) is -1.53. The molecule has 4 rings (SSSR count). The van der Waals surface area contributed by atoms with Gasteiger partial charge >= 0.3 is 0 Å². The van der Waals surface area contributed by atoms with E-state index in [2.05, 4.69) is 4.72 Å². The highest BCUT2D eigenvalue weighted by Crippen LogP contribution is 2.34. The van der Waals surface area contributed by atoms with E-state index in [4.69, 9.17) is 9.47 Å². The number of sulfonamides is 1. The van der Waals surface area contributed by atoms with E-state index in [1.54, 1.807) is 13.0 Å². The molecule has 1 aliphatic heterocycles. The fourth-order valence-corrected chi connectivity index (χ4v) is 5.44. The summed E-state index contributed by atoms with van der Waals surface area (Å²) in [5, 5.41) is 1.99. The van der Waals surface area contributed by atoms with Gasteiger partial charge in [-0.25, -0.2) is 13.1 Å². The van der Waals surface area contributed by atoms with Crippen molar-refractivity contribution >= 4 is 32.6 Å². The Bertz CT molecular complexity index is 1370. The molecule has 1 aliphatic rings. The molecule has 1 N–H and O–H groups in total. The van der Waals surface area contributed by atoms with Crippen molar-refractivity contribution in [2.75, 3.05) is 20.8 Å². The summed E-state index contributed by atoms with van der Waals surface area (Å²) in [5.74, 6) is -0.634. The summed E-state index contributed by atoms with van der Waals surface area (Å²) in [6, 6.07) is 17.8. The molecule has 1 heterocycles. The van der Waals surface area contributed by atoms with Crippen molar-refractivity contribution in [3.05, 3.63) is 66.2 Å². The summed E-state index contributed by atoms with van der Waals surface area (Å²) in [5.41, 5.74) is -0.424. The molecule has 0 spiro atoms. The number of hydrogen-bond acceptors (Lipinski definition) is 6. The van der Waals surface area contributed by atoms with Crippen LogP contribution in [0.1, 0.15) is 18.9 Å². The maximum atomic E-state index is 13.1. The van der Waals surface area contributed by atoms with Crippen LogP contribution in [0.25, 0.3) is 10.8 Å². The number of likely N-dealkylation sites (tertiary alicyclic amines) is 1. The largest absolute Gasteiger partial charge is 0.497 e. The number of fused-ring (bicyclic) bond motifs is 1. The molecule has 0 aliphatic carbocycles. The van der Waals surface area contributed by atoms with Crippen LogP contribution >= 0.6 is 0 Å². The van der Waals surface area contributed by atoms with E-state index in [-0.39, 0.29) is 23.0 Å². The van der Waals surface area contributed by atoms with Crippen molar-refractivity contribution < 1.29 is 27.5 Å². The van der Waals surface area contributed by atoms with Gasteiger partial charge in [0.25, 0.3) is 15.9 Å². The number of methoxy groups -OCH3 is 2. The first-order chi connectivity index (χ1) is 16.2. The van der Waals surface area contributed by atoms with Crippen molar-refractivity contribution in [2.24, 2.45) is 0 Å². The van der Waals surface area contributed by atoms with Crippen LogP contribution in [0.4, 0.5) is 0 Å². The maximum absolute atomic E-state index is 13.1. The molecule has 0 aromatic heterocycles. The van der Waals surface area contributed by atoms with Gasteiger partial charge in [-0.05, 0) is 41.8 Å². The third-order valence-electron chi connectivity index (χ3n) is 6.32. The van der Waals surface area contributed by atoms with Gasteiger partial charge in [-0.15, -0.1) is 0 Å². The average molecular weight is 483 g/mol. The Balaban J connectivity index is 1.54. The topological polar surface area (TPSA) is 102 Å². The Kier molecular flexibility index (Phi) is 6.22. The number of nitrogens with zero attached hydrogens (tertiary/aromatic N) is 1. The van der Waals surface area contributed by atoms with Crippen molar-refractivity contribution in [3.63, 3.8) is 0 Å². The van der Waals surface area contributed by atoms with E-state index in [0.717, 1.165) is 16.3 Å². The number of amides is 2. The monoisotopic (exact) mass is 482 g/mol. The maximum Gasteiger partial charge on any atom is 0.267 e. The van der Waals surface area contributed by atoms with E-state index < -0.39 is 21.5 Å². The quantitative estimate of drug-likeness (QED) is 0.556. The fourth-order valence-electron chi connectivity index (χ4n) is 4.18. The summed E-state index contributed by atoms with van der Waals surface area (Å²) in [6.45, 7) is 1.95. The van der Waals surface area contributed by atoms with Gasteiger partial charge in [0.2, 0.25) is 5.91 Å². The lowest BCUT2D eigenvalue weighted by atomic mass is 9.85. The van der Waals surface area contributed by atoms with Gasteiger partial charge in [-0.1, -0.05) is 42.5 Å². The molecule has 1 fully saturated rings. The van der Waals surface area contributed by atoms with E-state index in [0.29, 0.717) is 18.7 Å². The van der Waals surface area contributed by atoms with Gasteiger partial charge < -0.3 is 14.4 Å². The molecular formula is C25H26N2O6S. The van der Waals surface area contributed by atoms with Crippen LogP contribution in [0.2, 0.25) is 0 Å². The normalized spacial score (nSPS) is 17.7. The van der Waals surface area contributed by atoms with Crippen LogP contribution in [-0.4, -0.2) is 51.4 Å². The molecule has 0 radical (unpaired) electrons. The van der Waals surface area contributed by atoms with Crippen LogP contribution in [0.15, 0.2) is 65.6 Å². The Morgan fingerprint density at radius 3 is 2.44 bits per heavy atom. The SMILES string of the molecule is COc1ccc(OC)c(S(=O)(=O)NC(=O)C2(C)CCN2C(=O)Cc2cccc3ccccc23)c1. The molecule has 9 heteroatoms. The smallest absolute Gasteiger partial charge is 0.267 e. The van der Waals surface area contributed by atoms with E-state index in [1.165, 1.54) is 31.3 Å². The van der Waals surface area contributed by atoms with Gasteiger partial charge in [0, 0.05) is 12.6 Å². The van der Waals surface area contributed by atoms with Crippen LogP contribution < -0.4 is 14.2 Å². The zero-order chi connectivity index (χ0) is 24.5. The third kappa shape index (κ3) is 4.19. The first-order valence-electron chi connectivity index (χ1n) is 10.8. The van der Waals surface area contributed by atoms with Gasteiger partial charge in [0.1, 0.15) is 21.9 Å². The molecule has 34 heavy (non-hydrogen) atoms. The van der Waals surface area contributed by atoms with Crippen LogP contribution in [0.5, 0.6) is 11.5 Å². The third-order valence-corrected chi connectivity index (χ3v) is 7.67. The van der Waals surface area contributed by atoms with Crippen LogP contribution in [0.3, 0.4) is 0 Å². The van der Waals surface area contributed by atoms with Gasteiger partial charge in [-0.3, -0.25) is 9.59 Å². The van der Waals surface area contributed by atoms with E-state index >= 15 is 0 Å². The molecule has 3 aromatic rings. The van der Waals surface area contributed by atoms with E-state index in [9.17, 15) is 18.0 Å². The molecule has 1 atom stereocenters. The number of carbonyl (C=O) groups is 2. The average Bonchev–Trinajstić information content (AvgIpc) is 2.82. The molecule has 1 unspecified atom stereocenters. The van der Waals surface area contributed by atoms with Crippen molar-refractivity contribution in [3.8, 4) is 11.5 Å².